The smallest absolute Gasteiger partial charge is 0.234 e. The minimum Gasteiger partial charge on any atom is -0.337 e. The van der Waals surface area contributed by atoms with Gasteiger partial charge in [-0.25, -0.2) is 0 Å². The Bertz CT molecular complexity index is 781. The second-order valence-electron chi connectivity index (χ2n) is 6.45. The number of thioether (sulfide) groups is 1. The van der Waals surface area contributed by atoms with Crippen LogP contribution < -0.4 is 5.32 Å². The summed E-state index contributed by atoms with van der Waals surface area (Å²) in [5.74, 6) is 0.574. The molecule has 1 heterocycles. The number of rotatable bonds is 6. The minimum absolute atomic E-state index is 0.0122. The molecular weight excluding hydrogens is 334 g/mol. The molecule has 0 saturated carbocycles. The number of aromatic nitrogens is 3. The van der Waals surface area contributed by atoms with Gasteiger partial charge in [-0.2, -0.15) is 5.26 Å². The van der Waals surface area contributed by atoms with Gasteiger partial charge < -0.3 is 9.88 Å². The number of nitrogens with one attached hydrogen (secondary N) is 1. The monoisotopic (exact) mass is 357 g/mol. The number of nitrogens with zero attached hydrogens (tertiary/aromatic N) is 4. The fraction of sp³-hybridized carbons (Fsp3) is 0.444. The van der Waals surface area contributed by atoms with Crippen LogP contribution in [0, 0.1) is 17.2 Å². The van der Waals surface area contributed by atoms with Crippen LogP contribution in [-0.2, 0) is 11.8 Å². The van der Waals surface area contributed by atoms with Gasteiger partial charge in [0, 0.05) is 12.6 Å². The Morgan fingerprint density at radius 3 is 2.48 bits per heavy atom. The molecule has 1 aromatic heterocycles. The maximum atomic E-state index is 12.5. The Morgan fingerprint density at radius 2 is 1.92 bits per heavy atom. The van der Waals surface area contributed by atoms with E-state index >= 15 is 0 Å². The molecule has 2 rings (SSSR count). The first-order valence-electron chi connectivity index (χ1n) is 8.13. The molecule has 0 aliphatic heterocycles. The van der Waals surface area contributed by atoms with Crippen LogP contribution in [0.5, 0.6) is 0 Å². The summed E-state index contributed by atoms with van der Waals surface area (Å²) in [6.07, 6.45) is 0. The molecule has 1 aromatic carbocycles. The summed E-state index contributed by atoms with van der Waals surface area (Å²) in [4.78, 5) is 12.5. The molecule has 2 atom stereocenters. The molecular formula is C18H23N5OS. The second kappa shape index (κ2) is 7.70. The standard InChI is InChI=1S/C18H23N5OS/c1-12(2)18(4,11-19)20-16(24)13(3)25-17-22-21-15(23(17)5)14-9-7-6-8-10-14/h6-10,12-13H,1-5H3,(H,20,24)/t13-,18+/m0/s1. The van der Waals surface area contributed by atoms with Crippen molar-refractivity contribution in [2.75, 3.05) is 0 Å². The highest BCUT2D eigenvalue weighted by Crippen LogP contribution is 2.26. The van der Waals surface area contributed by atoms with Crippen LogP contribution >= 0.6 is 11.8 Å². The fourth-order valence-electron chi connectivity index (χ4n) is 2.13. The molecule has 0 aliphatic carbocycles. The van der Waals surface area contributed by atoms with Crippen LogP contribution in [-0.4, -0.2) is 31.5 Å². The molecule has 1 N–H and O–H groups in total. The van der Waals surface area contributed by atoms with Gasteiger partial charge in [-0.3, -0.25) is 4.79 Å². The van der Waals surface area contributed by atoms with Crippen molar-refractivity contribution in [1.29, 1.82) is 5.26 Å². The summed E-state index contributed by atoms with van der Waals surface area (Å²) in [6, 6.07) is 12.0. The van der Waals surface area contributed by atoms with E-state index in [1.165, 1.54) is 11.8 Å². The van der Waals surface area contributed by atoms with Crippen molar-refractivity contribution >= 4 is 17.7 Å². The van der Waals surface area contributed by atoms with Crippen LogP contribution in [0.15, 0.2) is 35.5 Å². The summed E-state index contributed by atoms with van der Waals surface area (Å²) in [6.45, 7) is 7.37. The molecule has 6 nitrogen and oxygen atoms in total. The summed E-state index contributed by atoms with van der Waals surface area (Å²) in [7, 11) is 1.88. The van der Waals surface area contributed by atoms with Gasteiger partial charge in [0.1, 0.15) is 5.54 Å². The van der Waals surface area contributed by atoms with E-state index in [0.29, 0.717) is 5.16 Å². The molecule has 0 spiro atoms. The summed E-state index contributed by atoms with van der Waals surface area (Å²) < 4.78 is 1.87. The number of hydrogen-bond acceptors (Lipinski definition) is 5. The first-order valence-corrected chi connectivity index (χ1v) is 9.01. The molecule has 0 bridgehead atoms. The van der Waals surface area contributed by atoms with E-state index in [1.807, 2.05) is 55.8 Å². The van der Waals surface area contributed by atoms with Crippen LogP contribution in [0.3, 0.4) is 0 Å². The Balaban J connectivity index is 2.11. The maximum absolute atomic E-state index is 12.5. The topological polar surface area (TPSA) is 83.6 Å². The quantitative estimate of drug-likeness (QED) is 0.804. The first kappa shape index (κ1) is 19.0. The highest BCUT2D eigenvalue weighted by molar-refractivity contribution is 8.00. The van der Waals surface area contributed by atoms with Gasteiger partial charge in [0.25, 0.3) is 0 Å². The molecule has 25 heavy (non-hydrogen) atoms. The molecule has 0 saturated heterocycles. The van der Waals surface area contributed by atoms with Crippen LogP contribution in [0.25, 0.3) is 11.4 Å². The van der Waals surface area contributed by atoms with E-state index < -0.39 is 10.8 Å². The number of carbonyl (C=O) groups is 1. The van der Waals surface area contributed by atoms with Crippen molar-refractivity contribution < 1.29 is 4.79 Å². The van der Waals surface area contributed by atoms with E-state index in [0.717, 1.165) is 11.4 Å². The van der Waals surface area contributed by atoms with Crippen LogP contribution in [0.1, 0.15) is 27.7 Å². The third kappa shape index (κ3) is 4.20. The molecule has 0 fully saturated rings. The number of benzene rings is 1. The van der Waals surface area contributed by atoms with E-state index in [4.69, 9.17) is 0 Å². The number of nitriles is 1. The zero-order valence-electron chi connectivity index (χ0n) is 15.1. The average molecular weight is 357 g/mol. The van der Waals surface area contributed by atoms with Crippen molar-refractivity contribution in [2.24, 2.45) is 13.0 Å². The maximum Gasteiger partial charge on any atom is 0.234 e. The van der Waals surface area contributed by atoms with E-state index in [2.05, 4.69) is 21.6 Å². The lowest BCUT2D eigenvalue weighted by Crippen LogP contribution is -2.51. The van der Waals surface area contributed by atoms with Crippen molar-refractivity contribution in [3.05, 3.63) is 30.3 Å². The number of carbonyl (C=O) groups excluding carboxylic acids is 1. The summed E-state index contributed by atoms with van der Waals surface area (Å²) in [5.41, 5.74) is 0.0828. The number of amides is 1. The van der Waals surface area contributed by atoms with Gasteiger partial charge in [0.05, 0.1) is 11.3 Å². The Hall–Kier alpha value is -2.33. The largest absolute Gasteiger partial charge is 0.337 e. The van der Waals surface area contributed by atoms with Crippen molar-refractivity contribution in [2.45, 2.75) is 43.6 Å². The van der Waals surface area contributed by atoms with Crippen molar-refractivity contribution in [3.8, 4) is 17.5 Å². The van der Waals surface area contributed by atoms with E-state index in [-0.39, 0.29) is 11.8 Å². The predicted octanol–water partition coefficient (Wildman–Crippen LogP) is 3.02. The SMILES string of the molecule is CC(C)[C@@](C)(C#N)NC(=O)[C@H](C)Sc1nnc(-c2ccccc2)n1C. The van der Waals surface area contributed by atoms with Gasteiger partial charge in [-0.1, -0.05) is 55.9 Å². The first-order chi connectivity index (χ1) is 11.8. The minimum atomic E-state index is -0.888. The van der Waals surface area contributed by atoms with E-state index in [9.17, 15) is 10.1 Å². The lowest BCUT2D eigenvalue weighted by Gasteiger charge is -2.28. The van der Waals surface area contributed by atoms with Gasteiger partial charge in [0.2, 0.25) is 5.91 Å². The predicted molar refractivity (Wildman–Crippen MR) is 98.8 cm³/mol. The summed E-state index contributed by atoms with van der Waals surface area (Å²) in [5, 5.41) is 20.9. The molecule has 1 amide bonds. The summed E-state index contributed by atoms with van der Waals surface area (Å²) >= 11 is 1.32. The Morgan fingerprint density at radius 1 is 1.28 bits per heavy atom. The third-order valence-corrected chi connectivity index (χ3v) is 5.42. The van der Waals surface area contributed by atoms with Gasteiger partial charge in [-0.15, -0.1) is 10.2 Å². The number of hydrogen-bond donors (Lipinski definition) is 1. The molecule has 0 radical (unpaired) electrons. The van der Waals surface area contributed by atoms with Crippen LogP contribution in [0.4, 0.5) is 0 Å². The van der Waals surface area contributed by atoms with E-state index in [1.54, 1.807) is 13.8 Å². The molecule has 0 aliphatic rings. The Labute approximate surface area is 152 Å². The molecule has 7 heteroatoms. The fourth-order valence-corrected chi connectivity index (χ4v) is 2.94. The highest BCUT2D eigenvalue weighted by atomic mass is 32.2. The molecule has 132 valence electrons. The molecule has 0 unspecified atom stereocenters. The van der Waals surface area contributed by atoms with Crippen molar-refractivity contribution in [1.82, 2.24) is 20.1 Å². The Kier molecular flexibility index (Phi) is 5.85. The van der Waals surface area contributed by atoms with Crippen molar-refractivity contribution in [3.63, 3.8) is 0 Å². The molecule has 2 aromatic rings. The lowest BCUT2D eigenvalue weighted by molar-refractivity contribution is -0.121. The zero-order valence-corrected chi connectivity index (χ0v) is 16.0. The normalized spacial score (nSPS) is 14.6. The van der Waals surface area contributed by atoms with Gasteiger partial charge in [0.15, 0.2) is 11.0 Å². The van der Waals surface area contributed by atoms with Gasteiger partial charge in [-0.05, 0) is 19.8 Å². The van der Waals surface area contributed by atoms with Gasteiger partial charge >= 0.3 is 0 Å². The third-order valence-electron chi connectivity index (χ3n) is 4.29. The lowest BCUT2D eigenvalue weighted by atomic mass is 9.90. The average Bonchev–Trinajstić information content (AvgIpc) is 2.96. The van der Waals surface area contributed by atoms with Crippen LogP contribution in [0.2, 0.25) is 0 Å². The zero-order chi connectivity index (χ0) is 18.6. The second-order valence-corrected chi connectivity index (χ2v) is 7.76. The highest BCUT2D eigenvalue weighted by Gasteiger charge is 2.32.